The number of aromatic nitrogens is 2. The highest BCUT2D eigenvalue weighted by atomic mass is 79.9. The zero-order valence-electron chi connectivity index (χ0n) is 8.77. The van der Waals surface area contributed by atoms with Gasteiger partial charge in [0.05, 0.1) is 17.9 Å². The van der Waals surface area contributed by atoms with Gasteiger partial charge in [-0.15, -0.1) is 0 Å². The van der Waals surface area contributed by atoms with E-state index in [1.807, 2.05) is 6.07 Å². The highest BCUT2D eigenvalue weighted by molar-refractivity contribution is 9.10. The summed E-state index contributed by atoms with van der Waals surface area (Å²) in [5, 5.41) is 0. The summed E-state index contributed by atoms with van der Waals surface area (Å²) in [6.07, 6.45) is 4.36. The van der Waals surface area contributed by atoms with Crippen LogP contribution in [-0.2, 0) is 0 Å². The summed E-state index contributed by atoms with van der Waals surface area (Å²) in [5.74, 6) is 5.07. The Kier molecular flexibility index (Phi) is 3.78. The first-order valence-corrected chi connectivity index (χ1v) is 5.68. The first-order chi connectivity index (χ1) is 8.20. The van der Waals surface area contributed by atoms with Gasteiger partial charge >= 0.3 is 0 Å². The minimum Gasteiger partial charge on any atom is -0.271 e. The summed E-state index contributed by atoms with van der Waals surface area (Å²) >= 11 is 3.30. The van der Waals surface area contributed by atoms with Crippen LogP contribution in [0.4, 0.5) is 4.39 Å². The Morgan fingerprint density at radius 1 is 1.29 bits per heavy atom. The normalized spacial score (nSPS) is 12.4. The second-order valence-electron chi connectivity index (χ2n) is 3.44. The molecule has 0 saturated heterocycles. The van der Waals surface area contributed by atoms with Crippen molar-refractivity contribution >= 4 is 15.9 Å². The van der Waals surface area contributed by atoms with Crippen molar-refractivity contribution in [2.75, 3.05) is 0 Å². The van der Waals surface area contributed by atoms with Crippen molar-refractivity contribution in [3.05, 3.63) is 58.3 Å². The van der Waals surface area contributed by atoms with Gasteiger partial charge in [0.15, 0.2) is 0 Å². The van der Waals surface area contributed by atoms with E-state index in [2.05, 4.69) is 31.3 Å². The van der Waals surface area contributed by atoms with Gasteiger partial charge in [0.25, 0.3) is 0 Å². The minimum atomic E-state index is -0.403. The molecular formula is C11H10BrFN4. The Balaban J connectivity index is 2.36. The number of nitrogens with one attached hydrogen (secondary N) is 1. The van der Waals surface area contributed by atoms with Crippen LogP contribution in [0.25, 0.3) is 0 Å². The van der Waals surface area contributed by atoms with Gasteiger partial charge in [0.2, 0.25) is 0 Å². The van der Waals surface area contributed by atoms with Gasteiger partial charge in [-0.3, -0.25) is 15.8 Å². The van der Waals surface area contributed by atoms with Crippen LogP contribution >= 0.6 is 15.9 Å². The van der Waals surface area contributed by atoms with Crippen LogP contribution in [-0.4, -0.2) is 9.97 Å². The average Bonchev–Trinajstić information content (AvgIpc) is 2.33. The first kappa shape index (κ1) is 12.1. The Morgan fingerprint density at radius 3 is 2.71 bits per heavy atom. The Morgan fingerprint density at radius 2 is 2.12 bits per heavy atom. The van der Waals surface area contributed by atoms with E-state index in [4.69, 9.17) is 5.84 Å². The fourth-order valence-corrected chi connectivity index (χ4v) is 1.73. The molecule has 1 unspecified atom stereocenters. The molecule has 2 heterocycles. The smallest absolute Gasteiger partial charge is 0.141 e. The number of rotatable bonds is 3. The fourth-order valence-electron chi connectivity index (χ4n) is 1.50. The number of hydrogen-bond donors (Lipinski definition) is 2. The third-order valence-corrected chi connectivity index (χ3v) is 2.74. The molecular weight excluding hydrogens is 287 g/mol. The molecule has 2 rings (SSSR count). The average molecular weight is 297 g/mol. The Bertz CT molecular complexity index is 503. The standard InChI is InChI=1S/C11H10BrFN4/c12-8-1-2-10(16-5-8)11(17-14)7-3-9(13)6-15-4-7/h1-6,11,17H,14H2. The van der Waals surface area contributed by atoms with E-state index in [0.717, 1.165) is 10.7 Å². The monoisotopic (exact) mass is 296 g/mol. The van der Waals surface area contributed by atoms with Gasteiger partial charge in [-0.25, -0.2) is 9.82 Å². The molecule has 2 aromatic heterocycles. The minimum absolute atomic E-state index is 0.383. The highest BCUT2D eigenvalue weighted by Crippen LogP contribution is 2.20. The zero-order chi connectivity index (χ0) is 12.3. The predicted octanol–water partition coefficient (Wildman–Crippen LogP) is 1.93. The highest BCUT2D eigenvalue weighted by Gasteiger charge is 2.14. The lowest BCUT2D eigenvalue weighted by molar-refractivity contribution is 0.591. The summed E-state index contributed by atoms with van der Waals surface area (Å²) in [4.78, 5) is 8.00. The number of halogens is 2. The van der Waals surface area contributed by atoms with Crippen LogP contribution in [0.5, 0.6) is 0 Å². The molecule has 3 N–H and O–H groups in total. The molecule has 88 valence electrons. The third-order valence-electron chi connectivity index (χ3n) is 2.27. The number of nitrogens with zero attached hydrogens (tertiary/aromatic N) is 2. The molecule has 2 aromatic rings. The lowest BCUT2D eigenvalue weighted by atomic mass is 10.1. The van der Waals surface area contributed by atoms with E-state index in [-0.39, 0.29) is 6.04 Å². The second kappa shape index (κ2) is 5.31. The van der Waals surface area contributed by atoms with Crippen molar-refractivity contribution in [1.82, 2.24) is 15.4 Å². The molecule has 17 heavy (non-hydrogen) atoms. The maximum atomic E-state index is 13.1. The molecule has 0 aliphatic rings. The van der Waals surface area contributed by atoms with Crippen molar-refractivity contribution in [1.29, 1.82) is 0 Å². The maximum absolute atomic E-state index is 13.1. The number of nitrogens with two attached hydrogens (primary N) is 1. The predicted molar refractivity (Wildman–Crippen MR) is 65.3 cm³/mol. The number of pyridine rings is 2. The molecule has 0 fully saturated rings. The zero-order valence-corrected chi connectivity index (χ0v) is 10.4. The van der Waals surface area contributed by atoms with Crippen molar-refractivity contribution < 1.29 is 4.39 Å². The van der Waals surface area contributed by atoms with E-state index < -0.39 is 5.82 Å². The van der Waals surface area contributed by atoms with Gasteiger partial charge in [0.1, 0.15) is 5.82 Å². The molecule has 0 spiro atoms. The molecule has 0 aromatic carbocycles. The van der Waals surface area contributed by atoms with Crippen molar-refractivity contribution in [2.45, 2.75) is 6.04 Å². The SMILES string of the molecule is NNC(c1cncc(F)c1)c1ccc(Br)cn1. The van der Waals surface area contributed by atoms with Gasteiger partial charge < -0.3 is 0 Å². The van der Waals surface area contributed by atoms with Gasteiger partial charge in [-0.1, -0.05) is 0 Å². The quantitative estimate of drug-likeness (QED) is 0.671. The fraction of sp³-hybridized carbons (Fsp3) is 0.0909. The first-order valence-electron chi connectivity index (χ1n) is 4.88. The second-order valence-corrected chi connectivity index (χ2v) is 4.35. The molecule has 1 atom stereocenters. The lowest BCUT2D eigenvalue weighted by Gasteiger charge is -2.15. The number of hydrogen-bond acceptors (Lipinski definition) is 4. The summed E-state index contributed by atoms with van der Waals surface area (Å²) in [6.45, 7) is 0. The molecule has 0 aliphatic carbocycles. The molecule has 0 saturated carbocycles. The molecule has 0 amide bonds. The largest absolute Gasteiger partial charge is 0.271 e. The van der Waals surface area contributed by atoms with Crippen LogP contribution in [0.2, 0.25) is 0 Å². The molecule has 0 bridgehead atoms. The summed E-state index contributed by atoms with van der Waals surface area (Å²) < 4.78 is 14.0. The van der Waals surface area contributed by atoms with Crippen LogP contribution in [0.3, 0.4) is 0 Å². The van der Waals surface area contributed by atoms with Gasteiger partial charge in [0, 0.05) is 16.9 Å². The molecule has 0 aliphatic heterocycles. The Labute approximate surface area is 106 Å². The molecule has 0 radical (unpaired) electrons. The number of hydrazine groups is 1. The van der Waals surface area contributed by atoms with Crippen LogP contribution in [0.1, 0.15) is 17.3 Å². The molecule has 4 nitrogen and oxygen atoms in total. The van der Waals surface area contributed by atoms with E-state index >= 15 is 0 Å². The summed E-state index contributed by atoms with van der Waals surface area (Å²) in [6, 6.07) is 4.64. The van der Waals surface area contributed by atoms with Crippen LogP contribution < -0.4 is 11.3 Å². The van der Waals surface area contributed by atoms with Gasteiger partial charge in [-0.05, 0) is 39.7 Å². The summed E-state index contributed by atoms with van der Waals surface area (Å²) in [7, 11) is 0. The van der Waals surface area contributed by atoms with E-state index in [0.29, 0.717) is 11.3 Å². The van der Waals surface area contributed by atoms with Crippen molar-refractivity contribution in [3.8, 4) is 0 Å². The van der Waals surface area contributed by atoms with E-state index in [1.165, 1.54) is 6.07 Å². The van der Waals surface area contributed by atoms with E-state index in [1.54, 1.807) is 18.5 Å². The van der Waals surface area contributed by atoms with Gasteiger partial charge in [-0.2, -0.15) is 0 Å². The molecule has 6 heteroatoms. The van der Waals surface area contributed by atoms with E-state index in [9.17, 15) is 4.39 Å². The van der Waals surface area contributed by atoms with Crippen molar-refractivity contribution in [2.24, 2.45) is 5.84 Å². The summed E-state index contributed by atoms with van der Waals surface area (Å²) in [5.41, 5.74) is 3.92. The lowest BCUT2D eigenvalue weighted by Crippen LogP contribution is -2.29. The van der Waals surface area contributed by atoms with Crippen LogP contribution in [0.15, 0.2) is 41.3 Å². The van der Waals surface area contributed by atoms with Crippen molar-refractivity contribution in [3.63, 3.8) is 0 Å². The topological polar surface area (TPSA) is 63.8 Å². The third kappa shape index (κ3) is 2.85. The maximum Gasteiger partial charge on any atom is 0.141 e. The Hall–Kier alpha value is -1.37. The van der Waals surface area contributed by atoms with Crippen LogP contribution in [0, 0.1) is 5.82 Å².